The molecule has 1 aliphatic rings. The Morgan fingerprint density at radius 1 is 1.39 bits per heavy atom. The number of hydrogen-bond donors (Lipinski definition) is 1. The molecule has 1 aromatic carbocycles. The van der Waals surface area contributed by atoms with Crippen molar-refractivity contribution in [3.05, 3.63) is 28.8 Å². The van der Waals surface area contributed by atoms with Gasteiger partial charge >= 0.3 is 0 Å². The predicted molar refractivity (Wildman–Crippen MR) is 77.2 cm³/mol. The lowest BCUT2D eigenvalue weighted by atomic mass is 9.86. The second kappa shape index (κ2) is 5.94. The molecule has 0 heterocycles. The van der Waals surface area contributed by atoms with Crippen molar-refractivity contribution in [2.45, 2.75) is 45.3 Å². The standard InChI is InChI=1S/C15H22ClNO/c1-11-4-3-5-14(8-11)17(2)15-7-6-13(16)9-12(15)10-18/h6-7,9,11,14,18H,3-5,8,10H2,1-2H3. The van der Waals surface area contributed by atoms with Gasteiger partial charge < -0.3 is 10.0 Å². The highest BCUT2D eigenvalue weighted by atomic mass is 35.5. The zero-order valence-corrected chi connectivity index (χ0v) is 12.0. The zero-order valence-electron chi connectivity index (χ0n) is 11.2. The third kappa shape index (κ3) is 2.99. The fourth-order valence-corrected chi connectivity index (χ4v) is 3.17. The molecule has 2 unspecified atom stereocenters. The van der Waals surface area contributed by atoms with Crippen LogP contribution in [-0.4, -0.2) is 18.2 Å². The van der Waals surface area contributed by atoms with Crippen LogP contribution in [0.2, 0.25) is 5.02 Å². The first-order valence-electron chi connectivity index (χ1n) is 6.74. The molecule has 2 rings (SSSR count). The van der Waals surface area contributed by atoms with Gasteiger partial charge in [0.05, 0.1) is 6.61 Å². The summed E-state index contributed by atoms with van der Waals surface area (Å²) >= 11 is 5.98. The van der Waals surface area contributed by atoms with Gasteiger partial charge in [-0.25, -0.2) is 0 Å². The van der Waals surface area contributed by atoms with Crippen molar-refractivity contribution >= 4 is 17.3 Å². The number of aliphatic hydroxyl groups is 1. The first-order chi connectivity index (χ1) is 8.61. The lowest BCUT2D eigenvalue weighted by Crippen LogP contribution is -2.36. The first kappa shape index (κ1) is 13.7. The third-order valence-electron chi connectivity index (χ3n) is 4.05. The molecule has 2 atom stereocenters. The molecule has 0 radical (unpaired) electrons. The number of nitrogens with zero attached hydrogens (tertiary/aromatic N) is 1. The molecule has 0 aromatic heterocycles. The Morgan fingerprint density at radius 2 is 2.17 bits per heavy atom. The fraction of sp³-hybridized carbons (Fsp3) is 0.600. The Morgan fingerprint density at radius 3 is 2.83 bits per heavy atom. The van der Waals surface area contributed by atoms with Gasteiger partial charge in [0.1, 0.15) is 0 Å². The van der Waals surface area contributed by atoms with E-state index in [0.29, 0.717) is 11.1 Å². The molecule has 1 fully saturated rings. The van der Waals surface area contributed by atoms with Crippen LogP contribution in [0.1, 0.15) is 38.2 Å². The van der Waals surface area contributed by atoms with E-state index in [2.05, 4.69) is 18.9 Å². The van der Waals surface area contributed by atoms with E-state index in [1.165, 1.54) is 25.7 Å². The van der Waals surface area contributed by atoms with Gasteiger partial charge in [0.2, 0.25) is 0 Å². The van der Waals surface area contributed by atoms with Crippen LogP contribution in [0, 0.1) is 5.92 Å². The predicted octanol–water partition coefficient (Wildman–Crippen LogP) is 3.85. The van der Waals surface area contributed by atoms with E-state index in [4.69, 9.17) is 11.6 Å². The van der Waals surface area contributed by atoms with Crippen molar-refractivity contribution in [1.82, 2.24) is 0 Å². The normalized spacial score (nSPS) is 24.0. The lowest BCUT2D eigenvalue weighted by molar-refractivity contribution is 0.281. The number of benzene rings is 1. The smallest absolute Gasteiger partial charge is 0.0702 e. The molecule has 0 spiro atoms. The molecular formula is C15H22ClNO. The van der Waals surface area contributed by atoms with E-state index in [1.54, 1.807) is 0 Å². The van der Waals surface area contributed by atoms with Crippen LogP contribution in [0.4, 0.5) is 5.69 Å². The SMILES string of the molecule is CC1CCCC(N(C)c2ccc(Cl)cc2CO)C1. The molecular weight excluding hydrogens is 246 g/mol. The van der Waals surface area contributed by atoms with Crippen molar-refractivity contribution in [1.29, 1.82) is 0 Å². The second-order valence-corrected chi connectivity index (χ2v) is 5.90. The minimum absolute atomic E-state index is 0.0442. The Bertz CT molecular complexity index is 407. The van der Waals surface area contributed by atoms with Gasteiger partial charge in [-0.05, 0) is 37.0 Å². The number of hydrogen-bond acceptors (Lipinski definition) is 2. The van der Waals surface area contributed by atoms with E-state index in [0.717, 1.165) is 17.2 Å². The van der Waals surface area contributed by atoms with Crippen LogP contribution in [0.25, 0.3) is 0 Å². The molecule has 0 aliphatic heterocycles. The molecule has 18 heavy (non-hydrogen) atoms. The summed E-state index contributed by atoms with van der Waals surface area (Å²) in [5.74, 6) is 0.802. The van der Waals surface area contributed by atoms with Crippen molar-refractivity contribution in [3.63, 3.8) is 0 Å². The van der Waals surface area contributed by atoms with E-state index in [-0.39, 0.29) is 6.61 Å². The second-order valence-electron chi connectivity index (χ2n) is 5.47. The van der Waals surface area contributed by atoms with E-state index >= 15 is 0 Å². The average molecular weight is 268 g/mol. The van der Waals surface area contributed by atoms with Crippen LogP contribution in [0.15, 0.2) is 18.2 Å². The van der Waals surface area contributed by atoms with Gasteiger partial charge in [-0.3, -0.25) is 0 Å². The number of anilines is 1. The highest BCUT2D eigenvalue weighted by molar-refractivity contribution is 6.30. The minimum Gasteiger partial charge on any atom is -0.392 e. The van der Waals surface area contributed by atoms with Crippen molar-refractivity contribution in [3.8, 4) is 0 Å². The molecule has 3 heteroatoms. The van der Waals surface area contributed by atoms with E-state index in [1.807, 2.05) is 18.2 Å². The third-order valence-corrected chi connectivity index (χ3v) is 4.28. The first-order valence-corrected chi connectivity index (χ1v) is 7.11. The monoisotopic (exact) mass is 267 g/mol. The summed E-state index contributed by atoms with van der Waals surface area (Å²) in [5, 5.41) is 10.1. The van der Waals surface area contributed by atoms with Gasteiger partial charge in [0.15, 0.2) is 0 Å². The Balaban J connectivity index is 2.19. The van der Waals surface area contributed by atoms with Gasteiger partial charge in [0.25, 0.3) is 0 Å². The summed E-state index contributed by atoms with van der Waals surface area (Å²) in [7, 11) is 2.13. The fourth-order valence-electron chi connectivity index (χ4n) is 2.98. The van der Waals surface area contributed by atoms with E-state index < -0.39 is 0 Å². The summed E-state index contributed by atoms with van der Waals surface area (Å²) in [6, 6.07) is 6.37. The lowest BCUT2D eigenvalue weighted by Gasteiger charge is -2.36. The maximum absolute atomic E-state index is 9.46. The molecule has 1 N–H and O–H groups in total. The van der Waals surface area contributed by atoms with Crippen molar-refractivity contribution < 1.29 is 5.11 Å². The minimum atomic E-state index is 0.0442. The molecule has 0 bridgehead atoms. The molecule has 0 amide bonds. The number of rotatable bonds is 3. The quantitative estimate of drug-likeness (QED) is 0.899. The molecule has 100 valence electrons. The molecule has 2 nitrogen and oxygen atoms in total. The summed E-state index contributed by atoms with van der Waals surface area (Å²) in [4.78, 5) is 2.32. The maximum atomic E-state index is 9.46. The van der Waals surface area contributed by atoms with Gasteiger partial charge in [0, 0.05) is 29.4 Å². The Hall–Kier alpha value is -0.730. The van der Waals surface area contributed by atoms with E-state index in [9.17, 15) is 5.11 Å². The van der Waals surface area contributed by atoms with Crippen LogP contribution >= 0.6 is 11.6 Å². The molecule has 1 aliphatic carbocycles. The maximum Gasteiger partial charge on any atom is 0.0702 e. The summed E-state index contributed by atoms with van der Waals surface area (Å²) in [6.07, 6.45) is 5.13. The van der Waals surface area contributed by atoms with Crippen LogP contribution in [0.5, 0.6) is 0 Å². The Kier molecular flexibility index (Phi) is 4.52. The largest absolute Gasteiger partial charge is 0.392 e. The highest BCUT2D eigenvalue weighted by Gasteiger charge is 2.23. The molecule has 1 aromatic rings. The molecule has 1 saturated carbocycles. The summed E-state index contributed by atoms with van der Waals surface area (Å²) < 4.78 is 0. The van der Waals surface area contributed by atoms with Gasteiger partial charge in [-0.2, -0.15) is 0 Å². The summed E-state index contributed by atoms with van der Waals surface area (Å²) in [5.41, 5.74) is 2.03. The summed E-state index contributed by atoms with van der Waals surface area (Å²) in [6.45, 7) is 2.37. The highest BCUT2D eigenvalue weighted by Crippen LogP contribution is 2.32. The number of halogens is 1. The van der Waals surface area contributed by atoms with Gasteiger partial charge in [-0.1, -0.05) is 31.4 Å². The van der Waals surface area contributed by atoms with Crippen molar-refractivity contribution in [2.24, 2.45) is 5.92 Å². The number of aliphatic hydroxyl groups excluding tert-OH is 1. The zero-order chi connectivity index (χ0) is 13.1. The van der Waals surface area contributed by atoms with Crippen LogP contribution in [-0.2, 0) is 6.61 Å². The van der Waals surface area contributed by atoms with Gasteiger partial charge in [-0.15, -0.1) is 0 Å². The molecule has 0 saturated heterocycles. The topological polar surface area (TPSA) is 23.5 Å². The Labute approximate surface area is 115 Å². The average Bonchev–Trinajstić information content (AvgIpc) is 2.37. The van der Waals surface area contributed by atoms with Crippen LogP contribution < -0.4 is 4.90 Å². The van der Waals surface area contributed by atoms with Crippen LogP contribution in [0.3, 0.4) is 0 Å². The van der Waals surface area contributed by atoms with Crippen molar-refractivity contribution in [2.75, 3.05) is 11.9 Å².